The van der Waals surface area contributed by atoms with Gasteiger partial charge in [0.1, 0.15) is 23.9 Å². The Bertz CT molecular complexity index is 798. The van der Waals surface area contributed by atoms with Crippen LogP contribution in [0.1, 0.15) is 21.8 Å². The van der Waals surface area contributed by atoms with Gasteiger partial charge in [0.25, 0.3) is 0 Å². The molecule has 4 rings (SSSR count). The van der Waals surface area contributed by atoms with Crippen LogP contribution in [0.25, 0.3) is 0 Å². The lowest BCUT2D eigenvalue weighted by molar-refractivity contribution is 0.0894. The highest BCUT2D eigenvalue weighted by Crippen LogP contribution is 2.43. The first-order chi connectivity index (χ1) is 11.2. The number of rotatable bonds is 2. The molecule has 6 heteroatoms. The molecule has 0 saturated heterocycles. The van der Waals surface area contributed by atoms with E-state index in [1.165, 1.54) is 12.1 Å². The van der Waals surface area contributed by atoms with Gasteiger partial charge in [0.05, 0.1) is 18.6 Å². The van der Waals surface area contributed by atoms with Crippen molar-refractivity contribution in [1.29, 1.82) is 0 Å². The van der Waals surface area contributed by atoms with Crippen molar-refractivity contribution >= 4 is 5.78 Å². The number of benzene rings is 2. The van der Waals surface area contributed by atoms with Gasteiger partial charge in [-0.3, -0.25) is 4.79 Å². The van der Waals surface area contributed by atoms with Gasteiger partial charge in [-0.2, -0.15) is 0 Å². The van der Waals surface area contributed by atoms with Crippen LogP contribution < -0.4 is 18.9 Å². The van der Waals surface area contributed by atoms with E-state index in [2.05, 4.69) is 0 Å². The van der Waals surface area contributed by atoms with Gasteiger partial charge < -0.3 is 24.1 Å². The molecule has 0 bridgehead atoms. The van der Waals surface area contributed by atoms with E-state index in [0.29, 0.717) is 34.1 Å². The summed E-state index contributed by atoms with van der Waals surface area (Å²) in [6, 6.07) is 7.97. The van der Waals surface area contributed by atoms with Gasteiger partial charge in [-0.15, -0.1) is 0 Å². The van der Waals surface area contributed by atoms with Gasteiger partial charge in [-0.05, 0) is 18.2 Å². The largest absolute Gasteiger partial charge is 0.508 e. The molecule has 0 fully saturated rings. The van der Waals surface area contributed by atoms with E-state index < -0.39 is 5.92 Å². The summed E-state index contributed by atoms with van der Waals surface area (Å²) in [6.45, 7) is 0.324. The molecule has 23 heavy (non-hydrogen) atoms. The van der Waals surface area contributed by atoms with Gasteiger partial charge >= 0.3 is 0 Å². The molecule has 0 aliphatic carbocycles. The molecule has 2 aliphatic rings. The van der Waals surface area contributed by atoms with Crippen molar-refractivity contribution in [2.45, 2.75) is 5.92 Å². The summed E-state index contributed by atoms with van der Waals surface area (Å²) >= 11 is 0. The number of carbonyl (C=O) groups excluding carboxylic acids is 1. The highest BCUT2D eigenvalue weighted by molar-refractivity contribution is 6.04. The highest BCUT2D eigenvalue weighted by Gasteiger charge is 2.34. The molecule has 1 N–H and O–H groups in total. The smallest absolute Gasteiger partial charge is 0.231 e. The summed E-state index contributed by atoms with van der Waals surface area (Å²) in [7, 11) is 1.54. The van der Waals surface area contributed by atoms with Crippen molar-refractivity contribution in [2.24, 2.45) is 0 Å². The summed E-state index contributed by atoms with van der Waals surface area (Å²) < 4.78 is 21.8. The van der Waals surface area contributed by atoms with Crippen LogP contribution >= 0.6 is 0 Å². The second-order valence-corrected chi connectivity index (χ2v) is 5.36. The van der Waals surface area contributed by atoms with E-state index in [1.807, 2.05) is 0 Å². The Balaban J connectivity index is 1.77. The zero-order valence-corrected chi connectivity index (χ0v) is 12.4. The third-order valence-corrected chi connectivity index (χ3v) is 4.05. The summed E-state index contributed by atoms with van der Waals surface area (Å²) in [6.07, 6.45) is 0. The first kappa shape index (κ1) is 13.8. The van der Waals surface area contributed by atoms with Crippen molar-refractivity contribution < 1.29 is 28.8 Å². The molecule has 0 unspecified atom stereocenters. The first-order valence-corrected chi connectivity index (χ1v) is 7.15. The maximum atomic E-state index is 12.8. The molecule has 0 aromatic heterocycles. The van der Waals surface area contributed by atoms with E-state index in [0.717, 1.165) is 0 Å². The molecule has 2 aromatic carbocycles. The Morgan fingerprint density at radius 2 is 1.87 bits per heavy atom. The van der Waals surface area contributed by atoms with Crippen molar-refractivity contribution in [1.82, 2.24) is 0 Å². The molecular weight excluding hydrogens is 300 g/mol. The number of phenolic OH excluding ortho intramolecular Hbond substituents is 1. The Morgan fingerprint density at radius 3 is 2.65 bits per heavy atom. The number of phenols is 1. The molecule has 2 aromatic rings. The monoisotopic (exact) mass is 314 g/mol. The van der Waals surface area contributed by atoms with Crippen LogP contribution in [0.4, 0.5) is 0 Å². The number of aromatic hydroxyl groups is 1. The molecule has 0 spiro atoms. The minimum Gasteiger partial charge on any atom is -0.508 e. The lowest BCUT2D eigenvalue weighted by Crippen LogP contribution is -2.26. The van der Waals surface area contributed by atoms with Gasteiger partial charge in [0.15, 0.2) is 17.3 Å². The third-order valence-electron chi connectivity index (χ3n) is 4.05. The first-order valence-electron chi connectivity index (χ1n) is 7.15. The minimum atomic E-state index is -0.503. The van der Waals surface area contributed by atoms with Crippen molar-refractivity contribution in [3.8, 4) is 28.7 Å². The SMILES string of the molecule is COc1cc2c(cc1[C@H]1COc3cc(O)ccc3C1=O)OCO2. The molecular formula is C17H14O6. The Labute approximate surface area is 132 Å². The van der Waals surface area contributed by atoms with E-state index in [1.54, 1.807) is 25.3 Å². The maximum Gasteiger partial charge on any atom is 0.231 e. The number of ketones is 1. The quantitative estimate of drug-likeness (QED) is 0.918. The molecule has 0 amide bonds. The zero-order chi connectivity index (χ0) is 16.0. The lowest BCUT2D eigenvalue weighted by Gasteiger charge is -2.25. The second-order valence-electron chi connectivity index (χ2n) is 5.36. The Morgan fingerprint density at radius 1 is 1.09 bits per heavy atom. The highest BCUT2D eigenvalue weighted by atomic mass is 16.7. The number of Topliss-reactive ketones (excluding diaryl/α,β-unsaturated/α-hetero) is 1. The zero-order valence-electron chi connectivity index (χ0n) is 12.4. The van der Waals surface area contributed by atoms with Gasteiger partial charge in [-0.1, -0.05) is 0 Å². The number of ether oxygens (including phenoxy) is 4. The average molecular weight is 314 g/mol. The van der Waals surface area contributed by atoms with Crippen LogP contribution in [0.2, 0.25) is 0 Å². The standard InChI is InChI=1S/C17H14O6/c1-20-13-6-16-15(22-8-23-16)5-11(13)12-7-21-14-4-9(18)2-3-10(14)17(12)19/h2-6,12,18H,7-8H2,1H3/t12-/m1/s1. The number of fused-ring (bicyclic) bond motifs is 2. The van der Waals surface area contributed by atoms with Crippen LogP contribution in [0.3, 0.4) is 0 Å². The second kappa shape index (κ2) is 5.08. The minimum absolute atomic E-state index is 0.0654. The van der Waals surface area contributed by atoms with Crippen LogP contribution in [0.15, 0.2) is 30.3 Å². The fourth-order valence-corrected chi connectivity index (χ4v) is 2.89. The van der Waals surface area contributed by atoms with Crippen molar-refractivity contribution in [2.75, 3.05) is 20.5 Å². The van der Waals surface area contributed by atoms with Crippen LogP contribution in [-0.4, -0.2) is 31.4 Å². The summed E-state index contributed by atoms with van der Waals surface area (Å²) in [5.74, 6) is 1.62. The fourth-order valence-electron chi connectivity index (χ4n) is 2.89. The van der Waals surface area contributed by atoms with Gasteiger partial charge in [0, 0.05) is 17.7 Å². The summed E-state index contributed by atoms with van der Waals surface area (Å²) in [5, 5.41) is 9.50. The summed E-state index contributed by atoms with van der Waals surface area (Å²) in [5.41, 5.74) is 1.14. The Hall–Kier alpha value is -2.89. The molecule has 1 atom stereocenters. The Kier molecular flexibility index (Phi) is 3.04. The van der Waals surface area contributed by atoms with Crippen LogP contribution in [-0.2, 0) is 0 Å². The van der Waals surface area contributed by atoms with E-state index >= 15 is 0 Å². The number of hydrogen-bond acceptors (Lipinski definition) is 6. The van der Waals surface area contributed by atoms with Gasteiger partial charge in [-0.25, -0.2) is 0 Å². The van der Waals surface area contributed by atoms with E-state index in [4.69, 9.17) is 18.9 Å². The van der Waals surface area contributed by atoms with Crippen LogP contribution in [0, 0.1) is 0 Å². The van der Waals surface area contributed by atoms with E-state index in [9.17, 15) is 9.90 Å². The fraction of sp³-hybridized carbons (Fsp3) is 0.235. The molecule has 0 radical (unpaired) electrons. The molecule has 2 heterocycles. The predicted molar refractivity (Wildman–Crippen MR) is 79.8 cm³/mol. The average Bonchev–Trinajstić information content (AvgIpc) is 3.01. The lowest BCUT2D eigenvalue weighted by atomic mass is 9.88. The molecule has 0 saturated carbocycles. The maximum absolute atomic E-state index is 12.8. The number of methoxy groups -OCH3 is 1. The van der Waals surface area contributed by atoms with Crippen molar-refractivity contribution in [3.05, 3.63) is 41.5 Å². The molecule has 2 aliphatic heterocycles. The molecule has 118 valence electrons. The number of hydrogen-bond donors (Lipinski definition) is 1. The topological polar surface area (TPSA) is 74.2 Å². The van der Waals surface area contributed by atoms with Crippen molar-refractivity contribution in [3.63, 3.8) is 0 Å². The molecule has 6 nitrogen and oxygen atoms in total. The third kappa shape index (κ3) is 2.14. The normalized spacial score (nSPS) is 18.3. The van der Waals surface area contributed by atoms with E-state index in [-0.39, 0.29) is 24.9 Å². The van der Waals surface area contributed by atoms with Crippen LogP contribution in [0.5, 0.6) is 28.7 Å². The summed E-state index contributed by atoms with van der Waals surface area (Å²) in [4.78, 5) is 12.8. The van der Waals surface area contributed by atoms with Gasteiger partial charge in [0.2, 0.25) is 6.79 Å². The predicted octanol–water partition coefficient (Wildman–Crippen LogP) is 2.49. The number of carbonyl (C=O) groups is 1.